The monoisotopic (exact) mass is 530 g/mol. The van der Waals surface area contributed by atoms with Crippen LogP contribution >= 0.6 is 11.6 Å². The Bertz CT molecular complexity index is 954. The van der Waals surface area contributed by atoms with Crippen molar-refractivity contribution in [1.29, 1.82) is 0 Å². The highest BCUT2D eigenvalue weighted by atomic mass is 35.5. The number of nitrogens with zero attached hydrogens (tertiary/aromatic N) is 2. The van der Waals surface area contributed by atoms with Gasteiger partial charge in [-0.3, -0.25) is 4.99 Å². The summed E-state index contributed by atoms with van der Waals surface area (Å²) < 4.78 is 5.55. The molecule has 0 aromatic heterocycles. The number of hydrogen-bond acceptors (Lipinski definition) is 4. The van der Waals surface area contributed by atoms with Crippen molar-refractivity contribution in [2.45, 2.75) is 79.2 Å². The van der Waals surface area contributed by atoms with Crippen LogP contribution in [0.3, 0.4) is 0 Å². The number of amides is 1. The third-order valence-electron chi connectivity index (χ3n) is 6.57. The first-order valence-electron chi connectivity index (χ1n) is 13.4. The Labute approximate surface area is 230 Å². The van der Waals surface area contributed by atoms with Crippen LogP contribution in [0.1, 0.15) is 84.8 Å². The lowest BCUT2D eigenvalue weighted by Crippen LogP contribution is -2.43. The molecule has 0 spiro atoms. The van der Waals surface area contributed by atoms with E-state index in [2.05, 4.69) is 37.4 Å². The molecule has 1 heterocycles. The van der Waals surface area contributed by atoms with Crippen molar-refractivity contribution in [3.63, 3.8) is 0 Å². The smallest absolute Gasteiger partial charge is 0.410 e. The van der Waals surface area contributed by atoms with E-state index in [0.29, 0.717) is 36.4 Å². The Morgan fingerprint density at radius 1 is 1.27 bits per heavy atom. The van der Waals surface area contributed by atoms with Crippen LogP contribution in [0, 0.1) is 11.8 Å². The van der Waals surface area contributed by atoms with Crippen LogP contribution in [-0.4, -0.2) is 48.1 Å². The van der Waals surface area contributed by atoms with Gasteiger partial charge in [0, 0.05) is 30.9 Å². The number of fused-ring (bicyclic) bond motifs is 1. The summed E-state index contributed by atoms with van der Waals surface area (Å²) in [4.78, 5) is 17.7. The predicted molar refractivity (Wildman–Crippen MR) is 158 cm³/mol. The number of piperidine rings is 1. The van der Waals surface area contributed by atoms with Crippen molar-refractivity contribution < 1.29 is 14.6 Å². The molecule has 6 heteroatoms. The van der Waals surface area contributed by atoms with E-state index in [-0.39, 0.29) is 18.6 Å². The summed E-state index contributed by atoms with van der Waals surface area (Å²) in [5.41, 5.74) is 4.12. The largest absolute Gasteiger partial charge is 0.444 e. The molecule has 2 atom stereocenters. The third-order valence-corrected chi connectivity index (χ3v) is 6.81. The molecule has 3 rings (SSSR count). The fourth-order valence-corrected chi connectivity index (χ4v) is 5.10. The number of benzene rings is 1. The van der Waals surface area contributed by atoms with E-state index in [1.165, 1.54) is 5.56 Å². The number of allylic oxidation sites excluding steroid dienone is 2. The van der Waals surface area contributed by atoms with Gasteiger partial charge in [-0.05, 0) is 106 Å². The first kappa shape index (κ1) is 32.7. The summed E-state index contributed by atoms with van der Waals surface area (Å²) in [7, 11) is 0. The minimum Gasteiger partial charge on any atom is -0.444 e. The molecule has 1 N–H and O–H groups in total. The second-order valence-electron chi connectivity index (χ2n) is 10.2. The fraction of sp³-hybridized carbons (Fsp3) is 0.548. The molecule has 1 aliphatic carbocycles. The molecule has 1 aliphatic heterocycles. The van der Waals surface area contributed by atoms with E-state index in [9.17, 15) is 9.90 Å². The summed E-state index contributed by atoms with van der Waals surface area (Å²) in [6, 6.07) is 6.12. The van der Waals surface area contributed by atoms with E-state index >= 15 is 0 Å². The molecule has 1 aromatic rings. The molecule has 1 aromatic carbocycles. The van der Waals surface area contributed by atoms with E-state index in [0.717, 1.165) is 29.6 Å². The maximum Gasteiger partial charge on any atom is 0.410 e. The minimum absolute atomic E-state index is 0.104. The van der Waals surface area contributed by atoms with Gasteiger partial charge in [-0.15, -0.1) is 0 Å². The predicted octanol–water partition coefficient (Wildman–Crippen LogP) is 8.29. The van der Waals surface area contributed by atoms with Crippen LogP contribution in [0.5, 0.6) is 0 Å². The number of halogens is 1. The van der Waals surface area contributed by atoms with Crippen molar-refractivity contribution in [3.05, 3.63) is 64.3 Å². The Morgan fingerprint density at radius 2 is 1.89 bits per heavy atom. The Morgan fingerprint density at radius 3 is 2.38 bits per heavy atom. The number of hydrogen-bond donors (Lipinski definition) is 1. The molecular weight excluding hydrogens is 484 g/mol. The lowest BCUT2D eigenvalue weighted by Gasteiger charge is -2.39. The van der Waals surface area contributed by atoms with Gasteiger partial charge in [-0.25, -0.2) is 4.79 Å². The molecular formula is C31H47ClN2O3. The second kappa shape index (κ2) is 15.8. The average Bonchev–Trinajstić information content (AvgIpc) is 2.95. The van der Waals surface area contributed by atoms with Crippen molar-refractivity contribution >= 4 is 30.5 Å². The van der Waals surface area contributed by atoms with Gasteiger partial charge < -0.3 is 14.7 Å². The zero-order valence-electron chi connectivity index (χ0n) is 23.9. The number of carbonyl (C=O) groups is 1. The molecule has 2 aliphatic rings. The number of likely N-dealkylation sites (tertiary alicyclic amines) is 1. The molecule has 2 unspecified atom stereocenters. The quantitative estimate of drug-likeness (QED) is 0.398. The maximum atomic E-state index is 12.5. The lowest BCUT2D eigenvalue weighted by atomic mass is 9.71. The van der Waals surface area contributed by atoms with Crippen molar-refractivity contribution in [2.24, 2.45) is 16.8 Å². The number of aliphatic hydroxyl groups excluding tert-OH is 1. The molecule has 0 saturated carbocycles. The summed E-state index contributed by atoms with van der Waals surface area (Å²) in [5, 5.41) is 10.3. The van der Waals surface area contributed by atoms with Gasteiger partial charge in [-0.2, -0.15) is 0 Å². The second-order valence-corrected chi connectivity index (χ2v) is 10.7. The van der Waals surface area contributed by atoms with Gasteiger partial charge in [0.15, 0.2) is 0 Å². The molecule has 206 valence electrons. The Kier molecular flexibility index (Phi) is 13.9. The van der Waals surface area contributed by atoms with Gasteiger partial charge in [0.05, 0.1) is 0 Å². The molecule has 1 fully saturated rings. The van der Waals surface area contributed by atoms with Crippen LogP contribution in [-0.2, 0) is 4.74 Å². The van der Waals surface area contributed by atoms with Crippen LogP contribution in [0.15, 0.2) is 53.2 Å². The molecule has 0 bridgehead atoms. The van der Waals surface area contributed by atoms with E-state index in [1.54, 1.807) is 6.20 Å². The molecule has 0 radical (unpaired) electrons. The van der Waals surface area contributed by atoms with Crippen molar-refractivity contribution in [2.75, 3.05) is 19.7 Å². The highest BCUT2D eigenvalue weighted by molar-refractivity contribution is 6.30. The first-order valence-corrected chi connectivity index (χ1v) is 13.7. The van der Waals surface area contributed by atoms with Gasteiger partial charge in [-0.1, -0.05) is 57.2 Å². The van der Waals surface area contributed by atoms with Crippen LogP contribution in [0.25, 0.3) is 6.08 Å². The van der Waals surface area contributed by atoms with Crippen LogP contribution in [0.2, 0.25) is 5.02 Å². The van der Waals surface area contributed by atoms with Gasteiger partial charge in [0.25, 0.3) is 0 Å². The fourth-order valence-electron chi connectivity index (χ4n) is 4.92. The first-order chi connectivity index (χ1) is 17.5. The topological polar surface area (TPSA) is 62.1 Å². The summed E-state index contributed by atoms with van der Waals surface area (Å²) >= 11 is 6.31. The van der Waals surface area contributed by atoms with Crippen molar-refractivity contribution in [1.82, 2.24) is 4.90 Å². The highest BCUT2D eigenvalue weighted by Crippen LogP contribution is 2.47. The molecule has 1 amide bonds. The minimum atomic E-state index is -0.478. The molecule has 1 saturated heterocycles. The number of aliphatic imine (C=N–C) groups is 1. The van der Waals surface area contributed by atoms with Gasteiger partial charge in [0.1, 0.15) is 5.60 Å². The van der Waals surface area contributed by atoms with Crippen LogP contribution < -0.4 is 0 Å². The van der Waals surface area contributed by atoms with E-state index in [4.69, 9.17) is 16.3 Å². The molecule has 5 nitrogen and oxygen atoms in total. The summed E-state index contributed by atoms with van der Waals surface area (Å²) in [5.74, 6) is 0.999. The lowest BCUT2D eigenvalue weighted by molar-refractivity contribution is 0.0168. The van der Waals surface area contributed by atoms with E-state index in [1.807, 2.05) is 64.7 Å². The third kappa shape index (κ3) is 9.79. The van der Waals surface area contributed by atoms with Gasteiger partial charge >= 0.3 is 6.09 Å². The normalized spacial score (nSPS) is 20.0. The van der Waals surface area contributed by atoms with E-state index < -0.39 is 5.60 Å². The summed E-state index contributed by atoms with van der Waals surface area (Å²) in [6.07, 6.45) is 7.84. The highest BCUT2D eigenvalue weighted by Gasteiger charge is 2.37. The SMILES string of the molecule is C=C1C(CCO)=Cc2cc(Cl)ccc2C(C2CCN(C(=O)OC(C)(C)C)CC2)C1C.C=N/C=C\C.CC. The maximum absolute atomic E-state index is 12.5. The zero-order chi connectivity index (χ0) is 28.2. The zero-order valence-corrected chi connectivity index (χ0v) is 24.6. The van der Waals surface area contributed by atoms with Crippen molar-refractivity contribution in [3.8, 4) is 0 Å². The number of aliphatic hydroxyl groups is 1. The van der Waals surface area contributed by atoms with Crippen LogP contribution in [0.4, 0.5) is 4.79 Å². The standard InChI is InChI=1S/C25H34ClNO3.C4H7N.C2H6/c1-16-17(2)23(18-8-11-27(12-9-18)24(29)30-25(3,4)5)22-7-6-21(26)15-20(22)14-19(16)10-13-28;1-3-4-5-2;1-2/h6-7,14-15,17-18,23,28H,1,8-13H2,2-5H3;3-4H,2H2,1H3;1-2H3/b;4-3-;. The Hall–Kier alpha value is -2.37. The van der Waals surface area contributed by atoms with Gasteiger partial charge in [0.2, 0.25) is 0 Å². The summed E-state index contributed by atoms with van der Waals surface area (Å²) in [6.45, 7) is 22.9. The molecule has 37 heavy (non-hydrogen) atoms. The average molecular weight is 531 g/mol. The number of carbonyl (C=O) groups excluding carboxylic acids is 1. The number of rotatable bonds is 4. The number of ether oxygens (including phenoxy) is 1. The Balaban J connectivity index is 0.000000874.